The number of nitrogens with one attached hydrogen (secondary N) is 1. The van der Waals surface area contributed by atoms with Crippen molar-refractivity contribution in [2.75, 3.05) is 20.6 Å². The smallest absolute Gasteiger partial charge is 0.251 e. The van der Waals surface area contributed by atoms with Crippen molar-refractivity contribution in [3.8, 4) is 0 Å². The molecule has 0 fully saturated rings. The molecule has 23 heavy (non-hydrogen) atoms. The number of carbonyl (C=O) groups excluding carboxylic acids is 1. The van der Waals surface area contributed by atoms with Gasteiger partial charge in [-0.05, 0) is 56.8 Å². The number of hydrogen-bond acceptors (Lipinski definition) is 2. The van der Waals surface area contributed by atoms with Crippen LogP contribution in [0.4, 0.5) is 0 Å². The van der Waals surface area contributed by atoms with E-state index in [2.05, 4.69) is 10.2 Å². The van der Waals surface area contributed by atoms with E-state index in [1.165, 1.54) is 0 Å². The van der Waals surface area contributed by atoms with Crippen LogP contribution in [-0.4, -0.2) is 31.4 Å². The molecule has 1 unspecified atom stereocenters. The molecule has 1 N–H and O–H groups in total. The summed E-state index contributed by atoms with van der Waals surface area (Å²) >= 11 is 6.30. The van der Waals surface area contributed by atoms with E-state index < -0.39 is 0 Å². The van der Waals surface area contributed by atoms with Crippen molar-refractivity contribution in [3.63, 3.8) is 0 Å². The molecule has 2 aromatic rings. The van der Waals surface area contributed by atoms with Gasteiger partial charge >= 0.3 is 0 Å². The van der Waals surface area contributed by atoms with Crippen LogP contribution in [0, 0.1) is 13.8 Å². The molecule has 1 amide bonds. The molecule has 3 nitrogen and oxygen atoms in total. The number of likely N-dealkylation sites (N-methyl/N-ethyl adjacent to an activating group) is 1. The van der Waals surface area contributed by atoms with Gasteiger partial charge in [-0.1, -0.05) is 41.9 Å². The molecule has 0 saturated carbocycles. The fourth-order valence-electron chi connectivity index (χ4n) is 2.60. The Balaban J connectivity index is 2.15. The van der Waals surface area contributed by atoms with Crippen molar-refractivity contribution in [1.29, 1.82) is 0 Å². The monoisotopic (exact) mass is 330 g/mol. The average Bonchev–Trinajstić information content (AvgIpc) is 2.51. The minimum absolute atomic E-state index is 0.0257. The molecule has 0 radical (unpaired) electrons. The SMILES string of the molecule is Cc1cccc(C(=O)NCC(c2ccccc2Cl)N(C)C)c1C. The first-order chi connectivity index (χ1) is 10.9. The molecule has 2 rings (SSSR count). The van der Waals surface area contributed by atoms with Gasteiger partial charge in [0, 0.05) is 17.1 Å². The highest BCUT2D eigenvalue weighted by molar-refractivity contribution is 6.31. The van der Waals surface area contributed by atoms with Crippen molar-refractivity contribution in [1.82, 2.24) is 10.2 Å². The van der Waals surface area contributed by atoms with Crippen LogP contribution < -0.4 is 5.32 Å². The number of halogens is 1. The first kappa shape index (κ1) is 17.5. The van der Waals surface area contributed by atoms with Gasteiger partial charge in [-0.15, -0.1) is 0 Å². The molecule has 4 heteroatoms. The molecule has 122 valence electrons. The standard InChI is InChI=1S/C19H23ClN2O/c1-13-8-7-10-15(14(13)2)19(23)21-12-18(22(3)4)16-9-5-6-11-17(16)20/h5-11,18H,12H2,1-4H3,(H,21,23). The summed E-state index contributed by atoms with van der Waals surface area (Å²) in [6.07, 6.45) is 0. The van der Waals surface area contributed by atoms with Crippen LogP contribution in [0.1, 0.15) is 33.1 Å². The molecule has 0 heterocycles. The average molecular weight is 331 g/mol. The molecule has 0 spiro atoms. The molecule has 0 aliphatic rings. The maximum Gasteiger partial charge on any atom is 0.251 e. The van der Waals surface area contributed by atoms with Gasteiger partial charge in [0.15, 0.2) is 0 Å². The molecule has 0 bridgehead atoms. The molecule has 0 aromatic heterocycles. The number of aryl methyl sites for hydroxylation is 1. The van der Waals surface area contributed by atoms with Crippen LogP contribution in [0.5, 0.6) is 0 Å². The third kappa shape index (κ3) is 4.12. The van der Waals surface area contributed by atoms with E-state index in [-0.39, 0.29) is 11.9 Å². The molecule has 2 aromatic carbocycles. The summed E-state index contributed by atoms with van der Waals surface area (Å²) in [5, 5.41) is 3.75. The quantitative estimate of drug-likeness (QED) is 0.899. The molecule has 0 saturated heterocycles. The van der Waals surface area contributed by atoms with Crippen molar-refractivity contribution in [2.45, 2.75) is 19.9 Å². The lowest BCUT2D eigenvalue weighted by Gasteiger charge is -2.26. The van der Waals surface area contributed by atoms with Crippen molar-refractivity contribution < 1.29 is 4.79 Å². The van der Waals surface area contributed by atoms with E-state index in [1.807, 2.05) is 70.4 Å². The predicted molar refractivity (Wildman–Crippen MR) is 96.1 cm³/mol. The number of benzene rings is 2. The Labute approximate surface area is 143 Å². The van der Waals surface area contributed by atoms with Gasteiger partial charge in [0.2, 0.25) is 0 Å². The zero-order chi connectivity index (χ0) is 17.0. The second-order valence-corrected chi connectivity index (χ2v) is 6.37. The lowest BCUT2D eigenvalue weighted by molar-refractivity contribution is 0.0941. The van der Waals surface area contributed by atoms with Gasteiger partial charge in [-0.3, -0.25) is 4.79 Å². The Morgan fingerprint density at radius 2 is 1.83 bits per heavy atom. The van der Waals surface area contributed by atoms with Crippen LogP contribution in [0.15, 0.2) is 42.5 Å². The van der Waals surface area contributed by atoms with Gasteiger partial charge < -0.3 is 10.2 Å². The lowest BCUT2D eigenvalue weighted by atomic mass is 10.0. The van der Waals surface area contributed by atoms with Crippen molar-refractivity contribution in [3.05, 3.63) is 69.7 Å². The zero-order valence-electron chi connectivity index (χ0n) is 14.1. The summed E-state index contributed by atoms with van der Waals surface area (Å²) in [5.74, 6) is -0.0508. The maximum absolute atomic E-state index is 12.5. The Kier molecular flexibility index (Phi) is 5.80. The Morgan fingerprint density at radius 3 is 2.48 bits per heavy atom. The highest BCUT2D eigenvalue weighted by Crippen LogP contribution is 2.25. The largest absolute Gasteiger partial charge is 0.350 e. The van der Waals surface area contributed by atoms with Crippen molar-refractivity contribution in [2.24, 2.45) is 0 Å². The highest BCUT2D eigenvalue weighted by atomic mass is 35.5. The highest BCUT2D eigenvalue weighted by Gasteiger charge is 2.18. The predicted octanol–water partition coefficient (Wildman–Crippen LogP) is 3.99. The zero-order valence-corrected chi connectivity index (χ0v) is 14.8. The van der Waals surface area contributed by atoms with Crippen LogP contribution >= 0.6 is 11.6 Å². The van der Waals surface area contributed by atoms with E-state index >= 15 is 0 Å². The fraction of sp³-hybridized carbons (Fsp3) is 0.316. The van der Waals surface area contributed by atoms with Crippen LogP contribution in [0.3, 0.4) is 0 Å². The number of nitrogens with zero attached hydrogens (tertiary/aromatic N) is 1. The molecule has 0 aliphatic carbocycles. The van der Waals surface area contributed by atoms with Gasteiger partial charge in [0.1, 0.15) is 0 Å². The summed E-state index contributed by atoms with van der Waals surface area (Å²) < 4.78 is 0. The number of amides is 1. The Hall–Kier alpha value is -1.84. The summed E-state index contributed by atoms with van der Waals surface area (Å²) in [4.78, 5) is 14.6. The molecular formula is C19H23ClN2O. The summed E-state index contributed by atoms with van der Waals surface area (Å²) in [7, 11) is 3.97. The third-order valence-electron chi connectivity index (χ3n) is 4.19. The maximum atomic E-state index is 12.5. The number of carbonyl (C=O) groups is 1. The van der Waals surface area contributed by atoms with Gasteiger partial charge in [-0.25, -0.2) is 0 Å². The minimum atomic E-state index is -0.0508. The fourth-order valence-corrected chi connectivity index (χ4v) is 2.86. The third-order valence-corrected chi connectivity index (χ3v) is 4.54. The van der Waals surface area contributed by atoms with E-state index in [4.69, 9.17) is 11.6 Å². The van der Waals surface area contributed by atoms with Crippen LogP contribution in [-0.2, 0) is 0 Å². The normalized spacial score (nSPS) is 12.3. The summed E-state index contributed by atoms with van der Waals surface area (Å²) in [6.45, 7) is 4.49. The van der Waals surface area contributed by atoms with E-state index in [9.17, 15) is 4.79 Å². The lowest BCUT2D eigenvalue weighted by Crippen LogP contribution is -2.35. The Morgan fingerprint density at radius 1 is 1.13 bits per heavy atom. The van der Waals surface area contributed by atoms with Crippen LogP contribution in [0.2, 0.25) is 5.02 Å². The first-order valence-corrected chi connectivity index (χ1v) is 8.05. The van der Waals surface area contributed by atoms with Crippen molar-refractivity contribution >= 4 is 17.5 Å². The summed E-state index contributed by atoms with van der Waals surface area (Å²) in [5.41, 5.74) is 3.87. The van der Waals surface area contributed by atoms with Crippen LogP contribution in [0.25, 0.3) is 0 Å². The van der Waals surface area contributed by atoms with Gasteiger partial charge in [-0.2, -0.15) is 0 Å². The minimum Gasteiger partial charge on any atom is -0.350 e. The van der Waals surface area contributed by atoms with Gasteiger partial charge in [0.05, 0.1) is 6.04 Å². The van der Waals surface area contributed by atoms with E-state index in [0.29, 0.717) is 11.6 Å². The molecular weight excluding hydrogens is 308 g/mol. The second kappa shape index (κ2) is 7.62. The molecule has 0 aliphatic heterocycles. The topological polar surface area (TPSA) is 32.3 Å². The van der Waals surface area contributed by atoms with E-state index in [1.54, 1.807) is 0 Å². The molecule has 1 atom stereocenters. The van der Waals surface area contributed by atoms with E-state index in [0.717, 1.165) is 22.3 Å². The summed E-state index contributed by atoms with van der Waals surface area (Å²) in [6, 6.07) is 13.6. The first-order valence-electron chi connectivity index (χ1n) is 7.67. The van der Waals surface area contributed by atoms with Gasteiger partial charge in [0.25, 0.3) is 5.91 Å². The Bertz CT molecular complexity index is 698. The second-order valence-electron chi connectivity index (χ2n) is 5.96. The number of rotatable bonds is 5. The number of hydrogen-bond donors (Lipinski definition) is 1.